The van der Waals surface area contributed by atoms with Crippen LogP contribution in [0, 0.1) is 0 Å². The summed E-state index contributed by atoms with van der Waals surface area (Å²) >= 11 is 0. The SMILES string of the molecule is CC/C=C\C/C=C\C/C=C\C/C=C\CCCCCCCCCCCCCCCCC(=O)OC(CO)COC(=O)CCCCCCCCC/C=C\CCCCCCCCC. The van der Waals surface area contributed by atoms with E-state index in [4.69, 9.17) is 9.47 Å². The third-order valence-electron chi connectivity index (χ3n) is 11.0. The molecule has 59 heavy (non-hydrogen) atoms. The highest BCUT2D eigenvalue weighted by Crippen LogP contribution is 2.15. The third kappa shape index (κ3) is 48.1. The Hall–Kier alpha value is -2.40. The van der Waals surface area contributed by atoms with Crippen molar-refractivity contribution in [2.75, 3.05) is 13.2 Å². The smallest absolute Gasteiger partial charge is 0.306 e. The van der Waals surface area contributed by atoms with Crippen LogP contribution in [-0.2, 0) is 19.1 Å². The first-order chi connectivity index (χ1) is 29.1. The van der Waals surface area contributed by atoms with Crippen molar-refractivity contribution in [1.29, 1.82) is 0 Å². The Bertz CT molecular complexity index is 1020. The summed E-state index contributed by atoms with van der Waals surface area (Å²) < 4.78 is 10.7. The second-order valence-electron chi connectivity index (χ2n) is 16.9. The van der Waals surface area contributed by atoms with Gasteiger partial charge in [-0.15, -0.1) is 0 Å². The third-order valence-corrected chi connectivity index (χ3v) is 11.0. The molecular weight excluding hydrogens is 729 g/mol. The minimum Gasteiger partial charge on any atom is -0.462 e. The van der Waals surface area contributed by atoms with Crippen LogP contribution in [0.3, 0.4) is 0 Å². The normalized spacial score (nSPS) is 12.7. The van der Waals surface area contributed by atoms with E-state index < -0.39 is 6.10 Å². The maximum absolute atomic E-state index is 12.3. The Morgan fingerprint density at radius 1 is 0.407 bits per heavy atom. The standard InChI is InChI=1S/C54H96O5/c1-3-5-7-9-11-13-15-17-19-21-23-24-25-26-27-28-29-30-31-33-35-37-39-41-43-45-47-49-54(57)59-52(50-55)51-58-53(56)48-46-44-42-40-38-36-34-32-22-20-18-16-14-12-10-8-6-4-2/h5,7,11,13,17,19-20,22-24,52,55H,3-4,6,8-10,12,14-16,18,21,25-51H2,1-2H3/b7-5-,13-11-,19-17-,22-20-,24-23-. The molecule has 342 valence electrons. The summed E-state index contributed by atoms with van der Waals surface area (Å²) in [6, 6.07) is 0. The Labute approximate surface area is 366 Å². The van der Waals surface area contributed by atoms with Gasteiger partial charge < -0.3 is 14.6 Å². The predicted molar refractivity (Wildman–Crippen MR) is 256 cm³/mol. The van der Waals surface area contributed by atoms with Crippen LogP contribution in [0.15, 0.2) is 60.8 Å². The minimum atomic E-state index is -0.775. The summed E-state index contributed by atoms with van der Waals surface area (Å²) in [4.78, 5) is 24.4. The van der Waals surface area contributed by atoms with Crippen molar-refractivity contribution in [3.05, 3.63) is 60.8 Å². The molecule has 0 heterocycles. The van der Waals surface area contributed by atoms with Crippen LogP contribution >= 0.6 is 0 Å². The molecule has 0 fully saturated rings. The molecule has 0 bridgehead atoms. The van der Waals surface area contributed by atoms with Gasteiger partial charge in [-0.2, -0.15) is 0 Å². The quantitative estimate of drug-likeness (QED) is 0.0376. The van der Waals surface area contributed by atoms with E-state index in [1.54, 1.807) is 0 Å². The number of ether oxygens (including phenoxy) is 2. The van der Waals surface area contributed by atoms with Crippen LogP contribution in [0.25, 0.3) is 0 Å². The van der Waals surface area contributed by atoms with Crippen LogP contribution in [0.1, 0.15) is 251 Å². The minimum absolute atomic E-state index is 0.0676. The molecular formula is C54H96O5. The Balaban J connectivity index is 3.49. The lowest BCUT2D eigenvalue weighted by atomic mass is 10.0. The molecule has 0 aromatic carbocycles. The number of unbranched alkanes of at least 4 members (excludes halogenated alkanes) is 28. The Morgan fingerprint density at radius 2 is 0.729 bits per heavy atom. The fraction of sp³-hybridized carbons (Fsp3) is 0.778. The van der Waals surface area contributed by atoms with Gasteiger partial charge in [0.2, 0.25) is 0 Å². The van der Waals surface area contributed by atoms with Gasteiger partial charge in [0.25, 0.3) is 0 Å². The molecule has 0 saturated carbocycles. The van der Waals surface area contributed by atoms with Crippen molar-refractivity contribution in [2.45, 2.75) is 258 Å². The van der Waals surface area contributed by atoms with Crippen LogP contribution in [0.4, 0.5) is 0 Å². The molecule has 0 aromatic heterocycles. The first-order valence-electron chi connectivity index (χ1n) is 25.3. The number of hydrogen-bond donors (Lipinski definition) is 1. The van der Waals surface area contributed by atoms with Gasteiger partial charge >= 0.3 is 11.9 Å². The van der Waals surface area contributed by atoms with E-state index in [0.717, 1.165) is 64.2 Å². The van der Waals surface area contributed by atoms with Crippen molar-refractivity contribution in [3.8, 4) is 0 Å². The number of hydrogen-bond acceptors (Lipinski definition) is 5. The zero-order valence-electron chi connectivity index (χ0n) is 39.0. The highest BCUT2D eigenvalue weighted by molar-refractivity contribution is 5.70. The van der Waals surface area contributed by atoms with Gasteiger partial charge in [-0.1, -0.05) is 222 Å². The number of aliphatic hydroxyl groups is 1. The van der Waals surface area contributed by atoms with E-state index in [-0.39, 0.29) is 25.2 Å². The van der Waals surface area contributed by atoms with Crippen molar-refractivity contribution in [2.24, 2.45) is 0 Å². The lowest BCUT2D eigenvalue weighted by Gasteiger charge is -2.15. The summed E-state index contributed by atoms with van der Waals surface area (Å²) in [7, 11) is 0. The van der Waals surface area contributed by atoms with Gasteiger partial charge in [0, 0.05) is 12.8 Å². The number of carbonyl (C=O) groups is 2. The Morgan fingerprint density at radius 3 is 1.12 bits per heavy atom. The molecule has 0 aromatic rings. The molecule has 5 nitrogen and oxygen atoms in total. The number of esters is 2. The number of allylic oxidation sites excluding steroid dienone is 10. The van der Waals surface area contributed by atoms with Crippen LogP contribution < -0.4 is 0 Å². The van der Waals surface area contributed by atoms with Crippen molar-refractivity contribution >= 4 is 11.9 Å². The zero-order chi connectivity index (χ0) is 42.8. The molecule has 0 spiro atoms. The molecule has 0 radical (unpaired) electrons. The molecule has 0 aliphatic carbocycles. The van der Waals surface area contributed by atoms with E-state index >= 15 is 0 Å². The highest BCUT2D eigenvalue weighted by atomic mass is 16.6. The van der Waals surface area contributed by atoms with Gasteiger partial charge in [0.05, 0.1) is 6.61 Å². The van der Waals surface area contributed by atoms with Gasteiger partial charge in [0.1, 0.15) is 6.61 Å². The molecule has 0 rings (SSSR count). The zero-order valence-corrected chi connectivity index (χ0v) is 39.0. The average molecular weight is 825 g/mol. The summed E-state index contributed by atoms with van der Waals surface area (Å²) in [5.41, 5.74) is 0. The largest absolute Gasteiger partial charge is 0.462 e. The summed E-state index contributed by atoms with van der Waals surface area (Å²) in [6.07, 6.45) is 66.0. The topological polar surface area (TPSA) is 72.8 Å². The summed E-state index contributed by atoms with van der Waals surface area (Å²) in [5, 5.41) is 9.62. The number of aliphatic hydroxyl groups excluding tert-OH is 1. The van der Waals surface area contributed by atoms with Crippen LogP contribution in [-0.4, -0.2) is 36.4 Å². The molecule has 5 heteroatoms. The van der Waals surface area contributed by atoms with Gasteiger partial charge in [0.15, 0.2) is 6.10 Å². The van der Waals surface area contributed by atoms with E-state index in [0.29, 0.717) is 12.8 Å². The van der Waals surface area contributed by atoms with Crippen molar-refractivity contribution in [3.63, 3.8) is 0 Å². The maximum atomic E-state index is 12.3. The highest BCUT2D eigenvalue weighted by Gasteiger charge is 2.16. The fourth-order valence-corrected chi connectivity index (χ4v) is 7.25. The molecule has 1 N–H and O–H groups in total. The van der Waals surface area contributed by atoms with Gasteiger partial charge in [-0.3, -0.25) is 9.59 Å². The molecule has 0 aliphatic rings. The fourth-order valence-electron chi connectivity index (χ4n) is 7.25. The first kappa shape index (κ1) is 56.6. The van der Waals surface area contributed by atoms with Crippen LogP contribution in [0.5, 0.6) is 0 Å². The van der Waals surface area contributed by atoms with Crippen LogP contribution in [0.2, 0.25) is 0 Å². The second kappa shape index (κ2) is 50.0. The summed E-state index contributed by atoms with van der Waals surface area (Å²) in [5.74, 6) is -0.590. The molecule has 1 atom stereocenters. The summed E-state index contributed by atoms with van der Waals surface area (Å²) in [6.45, 7) is 4.04. The monoisotopic (exact) mass is 825 g/mol. The van der Waals surface area contributed by atoms with Crippen molar-refractivity contribution in [1.82, 2.24) is 0 Å². The second-order valence-corrected chi connectivity index (χ2v) is 16.9. The molecule has 1 unspecified atom stereocenters. The molecule has 0 aliphatic heterocycles. The Kier molecular flexibility index (Phi) is 47.9. The number of rotatable bonds is 46. The van der Waals surface area contributed by atoms with E-state index in [1.807, 2.05) is 0 Å². The number of carbonyl (C=O) groups excluding carboxylic acids is 2. The average Bonchev–Trinajstić information content (AvgIpc) is 3.24. The van der Waals surface area contributed by atoms with Gasteiger partial charge in [-0.05, 0) is 77.0 Å². The predicted octanol–water partition coefficient (Wildman–Crippen LogP) is 16.7. The molecule has 0 amide bonds. The van der Waals surface area contributed by atoms with Crippen molar-refractivity contribution < 1.29 is 24.2 Å². The van der Waals surface area contributed by atoms with Gasteiger partial charge in [-0.25, -0.2) is 0 Å². The molecule has 0 saturated heterocycles. The maximum Gasteiger partial charge on any atom is 0.306 e. The van der Waals surface area contributed by atoms with E-state index in [2.05, 4.69) is 74.6 Å². The lowest BCUT2D eigenvalue weighted by Crippen LogP contribution is -2.28. The first-order valence-corrected chi connectivity index (χ1v) is 25.3. The van der Waals surface area contributed by atoms with E-state index in [9.17, 15) is 14.7 Å². The lowest BCUT2D eigenvalue weighted by molar-refractivity contribution is -0.161. The van der Waals surface area contributed by atoms with E-state index in [1.165, 1.54) is 161 Å².